The first-order chi connectivity index (χ1) is 9.63. The van der Waals surface area contributed by atoms with Crippen LogP contribution in [0.5, 0.6) is 5.75 Å². The molecule has 0 spiro atoms. The summed E-state index contributed by atoms with van der Waals surface area (Å²) < 4.78 is 5.56. The second kappa shape index (κ2) is 7.16. The van der Waals surface area contributed by atoms with Gasteiger partial charge < -0.3 is 16.2 Å². The predicted octanol–water partition coefficient (Wildman–Crippen LogP) is 2.00. The number of thioether (sulfide) groups is 1. The van der Waals surface area contributed by atoms with Gasteiger partial charge in [-0.2, -0.15) is 26.7 Å². The number of hydrogen-bond acceptors (Lipinski definition) is 7. The first-order valence-corrected chi connectivity index (χ1v) is 7.39. The number of nitrogens with two attached hydrogens (primary N) is 2. The van der Waals surface area contributed by atoms with Crippen LogP contribution in [0.1, 0.15) is 5.82 Å². The molecule has 106 valence electrons. The zero-order valence-electron chi connectivity index (χ0n) is 10.6. The van der Waals surface area contributed by atoms with Gasteiger partial charge in [-0.3, -0.25) is 0 Å². The van der Waals surface area contributed by atoms with E-state index < -0.39 is 0 Å². The number of rotatable bonds is 6. The molecule has 0 aliphatic heterocycles. The molecule has 0 saturated carbocycles. The third-order valence-corrected chi connectivity index (χ3v) is 3.39. The average molecular weight is 312 g/mol. The second-order valence-electron chi connectivity index (χ2n) is 3.83. The molecule has 0 fully saturated rings. The number of halogens is 1. The number of ether oxygens (including phenoxy) is 1. The Hall–Kier alpha value is -1.73. The minimum absolute atomic E-state index is 0.142. The van der Waals surface area contributed by atoms with Crippen molar-refractivity contribution in [2.45, 2.75) is 5.75 Å². The molecule has 0 aliphatic carbocycles. The number of nitrogen functional groups attached to an aromatic ring is 2. The van der Waals surface area contributed by atoms with Crippen LogP contribution >= 0.6 is 23.4 Å². The van der Waals surface area contributed by atoms with Gasteiger partial charge in [-0.25, -0.2) is 0 Å². The highest BCUT2D eigenvalue weighted by Gasteiger charge is 2.02. The van der Waals surface area contributed by atoms with Gasteiger partial charge in [0.05, 0.1) is 12.4 Å². The molecular weight excluding hydrogens is 298 g/mol. The number of aromatic nitrogens is 3. The van der Waals surface area contributed by atoms with E-state index in [2.05, 4.69) is 15.0 Å². The average Bonchev–Trinajstić information content (AvgIpc) is 2.37. The van der Waals surface area contributed by atoms with E-state index in [4.69, 9.17) is 27.8 Å². The number of anilines is 2. The summed E-state index contributed by atoms with van der Waals surface area (Å²) in [5.41, 5.74) is 11.0. The van der Waals surface area contributed by atoms with E-state index in [-0.39, 0.29) is 11.9 Å². The molecule has 0 aliphatic rings. The van der Waals surface area contributed by atoms with Crippen molar-refractivity contribution in [3.05, 3.63) is 35.1 Å². The van der Waals surface area contributed by atoms with Crippen molar-refractivity contribution in [3.8, 4) is 5.75 Å². The van der Waals surface area contributed by atoms with Gasteiger partial charge in [0.25, 0.3) is 0 Å². The maximum Gasteiger partial charge on any atom is 0.225 e. The molecule has 8 heteroatoms. The van der Waals surface area contributed by atoms with Crippen molar-refractivity contribution in [2.24, 2.45) is 0 Å². The van der Waals surface area contributed by atoms with Crippen molar-refractivity contribution < 1.29 is 4.74 Å². The van der Waals surface area contributed by atoms with Crippen molar-refractivity contribution >= 4 is 35.3 Å². The fourth-order valence-corrected chi connectivity index (χ4v) is 2.30. The minimum atomic E-state index is 0.142. The summed E-state index contributed by atoms with van der Waals surface area (Å²) >= 11 is 7.49. The lowest BCUT2D eigenvalue weighted by molar-refractivity contribution is 0.344. The molecule has 0 atom stereocenters. The van der Waals surface area contributed by atoms with Crippen LogP contribution < -0.4 is 16.2 Å². The summed E-state index contributed by atoms with van der Waals surface area (Å²) in [5.74, 6) is 3.01. The van der Waals surface area contributed by atoms with E-state index in [1.54, 1.807) is 23.9 Å². The van der Waals surface area contributed by atoms with Crippen LogP contribution in [-0.2, 0) is 5.75 Å². The Morgan fingerprint density at radius 1 is 1.15 bits per heavy atom. The third-order valence-electron chi connectivity index (χ3n) is 2.24. The highest BCUT2D eigenvalue weighted by atomic mass is 35.5. The van der Waals surface area contributed by atoms with E-state index in [1.807, 2.05) is 12.1 Å². The number of benzene rings is 1. The lowest BCUT2D eigenvalue weighted by Gasteiger charge is -2.06. The van der Waals surface area contributed by atoms with Crippen LogP contribution in [0.15, 0.2) is 24.3 Å². The Morgan fingerprint density at radius 2 is 1.90 bits per heavy atom. The van der Waals surface area contributed by atoms with Crippen molar-refractivity contribution in [2.75, 3.05) is 23.8 Å². The molecule has 0 unspecified atom stereocenters. The van der Waals surface area contributed by atoms with Crippen LogP contribution in [0.25, 0.3) is 0 Å². The Bertz CT molecular complexity index is 563. The highest BCUT2D eigenvalue weighted by Crippen LogP contribution is 2.17. The molecule has 1 aromatic carbocycles. The highest BCUT2D eigenvalue weighted by molar-refractivity contribution is 7.98. The van der Waals surface area contributed by atoms with Crippen LogP contribution in [-0.4, -0.2) is 27.3 Å². The monoisotopic (exact) mass is 311 g/mol. The Kier molecular flexibility index (Phi) is 5.25. The predicted molar refractivity (Wildman–Crippen MR) is 81.8 cm³/mol. The summed E-state index contributed by atoms with van der Waals surface area (Å²) in [6, 6.07) is 7.30. The van der Waals surface area contributed by atoms with Crippen molar-refractivity contribution in [1.82, 2.24) is 15.0 Å². The van der Waals surface area contributed by atoms with Crippen LogP contribution in [0, 0.1) is 0 Å². The van der Waals surface area contributed by atoms with Crippen LogP contribution in [0.3, 0.4) is 0 Å². The molecule has 1 aromatic heterocycles. The molecule has 0 bridgehead atoms. The minimum Gasteiger partial charge on any atom is -0.493 e. The van der Waals surface area contributed by atoms with E-state index in [0.29, 0.717) is 23.2 Å². The first-order valence-electron chi connectivity index (χ1n) is 5.85. The summed E-state index contributed by atoms with van der Waals surface area (Å²) in [6.07, 6.45) is 0. The molecule has 0 amide bonds. The topological polar surface area (TPSA) is 99.9 Å². The number of nitrogens with zero attached hydrogens (tertiary/aromatic N) is 3. The molecule has 2 rings (SSSR count). The molecular formula is C12H14ClN5OS. The third kappa shape index (κ3) is 4.75. The summed E-state index contributed by atoms with van der Waals surface area (Å²) in [5, 5.41) is 0.659. The van der Waals surface area contributed by atoms with Crippen molar-refractivity contribution in [3.63, 3.8) is 0 Å². The number of hydrogen-bond donors (Lipinski definition) is 2. The zero-order chi connectivity index (χ0) is 14.4. The van der Waals surface area contributed by atoms with Crippen LogP contribution in [0.4, 0.5) is 11.9 Å². The maximum atomic E-state index is 5.86. The fourth-order valence-electron chi connectivity index (χ4n) is 1.46. The van der Waals surface area contributed by atoms with Gasteiger partial charge in [-0.15, -0.1) is 0 Å². The second-order valence-corrected chi connectivity index (χ2v) is 5.37. The van der Waals surface area contributed by atoms with Gasteiger partial charge in [-0.1, -0.05) is 17.7 Å². The lowest BCUT2D eigenvalue weighted by atomic mass is 10.3. The molecule has 1 heterocycles. The van der Waals surface area contributed by atoms with E-state index in [1.165, 1.54) is 0 Å². The normalized spacial score (nSPS) is 10.4. The van der Waals surface area contributed by atoms with Gasteiger partial charge in [-0.05, 0) is 18.2 Å². The van der Waals surface area contributed by atoms with E-state index in [9.17, 15) is 0 Å². The van der Waals surface area contributed by atoms with Gasteiger partial charge in [0.15, 0.2) is 0 Å². The van der Waals surface area contributed by atoms with Crippen molar-refractivity contribution in [1.29, 1.82) is 0 Å². The Labute approximate surface area is 125 Å². The lowest BCUT2D eigenvalue weighted by Crippen LogP contribution is -2.07. The molecule has 6 nitrogen and oxygen atoms in total. The smallest absolute Gasteiger partial charge is 0.225 e. The van der Waals surface area contributed by atoms with E-state index in [0.717, 1.165) is 11.5 Å². The molecule has 0 saturated heterocycles. The molecule has 0 radical (unpaired) electrons. The summed E-state index contributed by atoms with van der Waals surface area (Å²) in [4.78, 5) is 11.7. The molecule has 20 heavy (non-hydrogen) atoms. The SMILES string of the molecule is Nc1nc(N)nc(CSCCOc2cccc(Cl)c2)n1. The standard InChI is InChI=1S/C12H14ClN5OS/c13-8-2-1-3-9(6-8)19-4-5-20-7-10-16-11(14)18-12(15)17-10/h1-3,6H,4-5,7H2,(H4,14,15,16,17,18). The molecule has 2 aromatic rings. The van der Waals surface area contributed by atoms with Gasteiger partial charge in [0.1, 0.15) is 11.6 Å². The summed E-state index contributed by atoms with van der Waals surface area (Å²) in [7, 11) is 0. The van der Waals surface area contributed by atoms with Gasteiger partial charge in [0.2, 0.25) is 11.9 Å². The largest absolute Gasteiger partial charge is 0.493 e. The van der Waals surface area contributed by atoms with Crippen LogP contribution in [0.2, 0.25) is 5.02 Å². The summed E-state index contributed by atoms with van der Waals surface area (Å²) in [6.45, 7) is 0.570. The first kappa shape index (κ1) is 14.7. The van der Waals surface area contributed by atoms with Gasteiger partial charge in [0, 0.05) is 10.8 Å². The fraction of sp³-hybridized carbons (Fsp3) is 0.250. The Morgan fingerprint density at radius 3 is 2.60 bits per heavy atom. The van der Waals surface area contributed by atoms with Gasteiger partial charge >= 0.3 is 0 Å². The maximum absolute atomic E-state index is 5.86. The molecule has 4 N–H and O–H groups in total. The Balaban J connectivity index is 1.71. The quantitative estimate of drug-likeness (QED) is 0.787. The van der Waals surface area contributed by atoms with E-state index >= 15 is 0 Å². The zero-order valence-corrected chi connectivity index (χ0v) is 12.2.